The summed E-state index contributed by atoms with van der Waals surface area (Å²) >= 11 is 0. The lowest BCUT2D eigenvalue weighted by atomic mass is 9.83. The fourth-order valence-corrected chi connectivity index (χ4v) is 6.34. The Morgan fingerprint density at radius 3 is 2.36 bits per heavy atom. The summed E-state index contributed by atoms with van der Waals surface area (Å²) in [4.78, 5) is 50.6. The van der Waals surface area contributed by atoms with E-state index in [-0.39, 0.29) is 39.8 Å². The Morgan fingerprint density at radius 2 is 1.67 bits per heavy atom. The van der Waals surface area contributed by atoms with Crippen LogP contribution in [0.15, 0.2) is 70.4 Å². The van der Waals surface area contributed by atoms with Crippen LogP contribution in [0.5, 0.6) is 0 Å². The Balaban J connectivity index is 1.36. The summed E-state index contributed by atoms with van der Waals surface area (Å²) in [5.74, 6) is -1.80. The molecule has 3 heterocycles. The van der Waals surface area contributed by atoms with Crippen molar-refractivity contribution in [1.29, 1.82) is 0 Å². The van der Waals surface area contributed by atoms with Crippen molar-refractivity contribution in [1.82, 2.24) is 9.47 Å². The molecule has 11 nitrogen and oxygen atoms in total. The average Bonchev–Trinajstić information content (AvgIpc) is 2.90. The normalized spacial score (nSPS) is 18.1. The molecule has 2 atom stereocenters. The molecule has 1 aromatic heterocycles. The molecule has 2 aliphatic rings. The minimum atomic E-state index is -4.06. The Hall–Kier alpha value is -4.45. The van der Waals surface area contributed by atoms with Crippen LogP contribution in [-0.4, -0.2) is 53.9 Å². The van der Waals surface area contributed by atoms with Crippen LogP contribution in [0.25, 0.3) is 0 Å². The predicted molar refractivity (Wildman–Crippen MR) is 142 cm³/mol. The third-order valence-electron chi connectivity index (χ3n) is 6.98. The number of carbonyl (C=O) groups excluding carboxylic acids is 2. The van der Waals surface area contributed by atoms with E-state index in [2.05, 4.69) is 10.0 Å². The maximum absolute atomic E-state index is 13.3. The molecular formula is C27H26N4O7S. The summed E-state index contributed by atoms with van der Waals surface area (Å²) in [6.07, 6.45) is 0.782. The smallest absolute Gasteiger partial charge is 0.335 e. The van der Waals surface area contributed by atoms with Crippen molar-refractivity contribution < 1.29 is 27.9 Å². The first-order valence-corrected chi connectivity index (χ1v) is 13.8. The van der Waals surface area contributed by atoms with E-state index in [0.717, 1.165) is 12.1 Å². The van der Waals surface area contributed by atoms with E-state index in [1.165, 1.54) is 55.5 Å². The van der Waals surface area contributed by atoms with E-state index in [1.54, 1.807) is 21.6 Å². The second-order valence-electron chi connectivity index (χ2n) is 9.79. The highest BCUT2D eigenvalue weighted by molar-refractivity contribution is 7.92. The van der Waals surface area contributed by atoms with E-state index in [4.69, 9.17) is 0 Å². The number of fused-ring (bicyclic) bond motifs is 4. The number of pyridine rings is 1. The fourth-order valence-electron chi connectivity index (χ4n) is 5.28. The van der Waals surface area contributed by atoms with Crippen LogP contribution in [-0.2, 0) is 21.4 Å². The lowest BCUT2D eigenvalue weighted by Crippen LogP contribution is -2.49. The predicted octanol–water partition coefficient (Wildman–Crippen LogP) is 2.57. The molecule has 0 saturated carbocycles. The number of nitrogens with one attached hydrogen (secondary N) is 2. The number of hydrogen-bond donors (Lipinski definition) is 3. The number of aromatic carboxylic acids is 1. The number of likely N-dealkylation sites (tertiary alicyclic amines) is 1. The van der Waals surface area contributed by atoms with Gasteiger partial charge in [0.15, 0.2) is 0 Å². The van der Waals surface area contributed by atoms with Gasteiger partial charge in [0.25, 0.3) is 21.5 Å². The third kappa shape index (κ3) is 5.28. The number of piperidine rings is 1. The van der Waals surface area contributed by atoms with Crippen LogP contribution < -0.4 is 15.6 Å². The van der Waals surface area contributed by atoms with E-state index >= 15 is 0 Å². The Bertz CT molecular complexity index is 1650. The largest absolute Gasteiger partial charge is 0.478 e. The molecule has 5 rings (SSSR count). The quantitative estimate of drug-likeness (QED) is 0.426. The number of carboxylic acid groups (broad SMARTS) is 1. The van der Waals surface area contributed by atoms with Gasteiger partial charge in [-0.25, -0.2) is 13.2 Å². The molecule has 39 heavy (non-hydrogen) atoms. The van der Waals surface area contributed by atoms with Gasteiger partial charge < -0.3 is 19.9 Å². The van der Waals surface area contributed by atoms with Gasteiger partial charge in [-0.3, -0.25) is 19.1 Å². The van der Waals surface area contributed by atoms with Gasteiger partial charge in [0.1, 0.15) is 5.69 Å². The first kappa shape index (κ1) is 26.2. The number of carboxylic acids is 1. The Labute approximate surface area is 224 Å². The number of anilines is 2. The second-order valence-corrected chi connectivity index (χ2v) is 11.5. The highest BCUT2D eigenvalue weighted by Crippen LogP contribution is 2.36. The Morgan fingerprint density at radius 1 is 0.949 bits per heavy atom. The lowest BCUT2D eigenvalue weighted by Gasteiger charge is -2.43. The molecule has 3 aromatic rings. The number of aromatic nitrogens is 1. The third-order valence-corrected chi connectivity index (χ3v) is 8.36. The molecule has 0 spiro atoms. The fraction of sp³-hybridized carbons (Fsp3) is 0.259. The minimum Gasteiger partial charge on any atom is -0.478 e. The second kappa shape index (κ2) is 10.0. The number of amides is 2. The maximum atomic E-state index is 13.3. The van der Waals surface area contributed by atoms with Crippen molar-refractivity contribution >= 4 is 39.2 Å². The molecule has 12 heteroatoms. The number of hydrogen-bond acceptors (Lipinski definition) is 6. The number of sulfonamides is 1. The number of rotatable bonds is 6. The molecule has 0 radical (unpaired) electrons. The van der Waals surface area contributed by atoms with Crippen molar-refractivity contribution in [2.75, 3.05) is 23.1 Å². The molecule has 2 unspecified atom stereocenters. The summed E-state index contributed by atoms with van der Waals surface area (Å²) in [5.41, 5.74) is 0.952. The van der Waals surface area contributed by atoms with Crippen molar-refractivity contribution in [2.24, 2.45) is 5.92 Å². The van der Waals surface area contributed by atoms with Gasteiger partial charge in [-0.05, 0) is 66.9 Å². The maximum Gasteiger partial charge on any atom is 0.335 e. The number of nitrogens with zero attached hydrogens (tertiary/aromatic N) is 2. The summed E-state index contributed by atoms with van der Waals surface area (Å²) < 4.78 is 29.8. The van der Waals surface area contributed by atoms with Gasteiger partial charge in [0.05, 0.1) is 10.5 Å². The zero-order valence-electron chi connectivity index (χ0n) is 21.0. The molecular weight excluding hydrogens is 524 g/mol. The number of carbonyl (C=O) groups is 3. The van der Waals surface area contributed by atoms with Crippen LogP contribution in [0.1, 0.15) is 45.7 Å². The van der Waals surface area contributed by atoms with Crippen molar-refractivity contribution in [3.8, 4) is 0 Å². The molecule has 0 aliphatic carbocycles. The van der Waals surface area contributed by atoms with Gasteiger partial charge in [-0.2, -0.15) is 0 Å². The zero-order valence-corrected chi connectivity index (χ0v) is 21.8. The standard InChI is InChI=1S/C27H26N4O7S/c1-16(32)28-21-5-7-22(8-6-21)39(37,38)29-23-9-10-24-20-11-17(14-31(24)26(23)34)13-30(15-20)25(33)18-3-2-4-19(12-18)27(35)36/h2-10,12,17,20,29H,11,13-15H2,1H3,(H,28,32)(H,35,36). The molecule has 202 valence electrons. The highest BCUT2D eigenvalue weighted by Gasteiger charge is 2.37. The molecule has 2 amide bonds. The molecule has 3 N–H and O–H groups in total. The van der Waals surface area contributed by atoms with E-state index < -0.39 is 21.6 Å². The average molecular weight is 551 g/mol. The summed E-state index contributed by atoms with van der Waals surface area (Å²) in [6.45, 7) is 2.43. The van der Waals surface area contributed by atoms with Gasteiger partial charge in [-0.15, -0.1) is 0 Å². The summed E-state index contributed by atoms with van der Waals surface area (Å²) in [6, 6.07) is 14.7. The van der Waals surface area contributed by atoms with Gasteiger partial charge in [0, 0.05) is 49.4 Å². The van der Waals surface area contributed by atoms with Crippen LogP contribution in [0.4, 0.5) is 11.4 Å². The zero-order chi connectivity index (χ0) is 27.9. The molecule has 2 aliphatic heterocycles. The summed E-state index contributed by atoms with van der Waals surface area (Å²) in [5, 5.41) is 11.8. The highest BCUT2D eigenvalue weighted by atomic mass is 32.2. The van der Waals surface area contributed by atoms with Crippen LogP contribution >= 0.6 is 0 Å². The van der Waals surface area contributed by atoms with E-state index in [0.29, 0.717) is 30.9 Å². The van der Waals surface area contributed by atoms with E-state index in [9.17, 15) is 32.7 Å². The molecule has 2 bridgehead atoms. The van der Waals surface area contributed by atoms with E-state index in [1.807, 2.05) is 0 Å². The van der Waals surface area contributed by atoms with Crippen LogP contribution in [0, 0.1) is 5.92 Å². The minimum absolute atomic E-state index is 0.0197. The van der Waals surface area contributed by atoms with Crippen LogP contribution in [0.3, 0.4) is 0 Å². The first-order chi connectivity index (χ1) is 18.5. The van der Waals surface area contributed by atoms with Gasteiger partial charge >= 0.3 is 5.97 Å². The first-order valence-electron chi connectivity index (χ1n) is 12.3. The van der Waals surface area contributed by atoms with Crippen molar-refractivity contribution in [2.45, 2.75) is 30.7 Å². The summed E-state index contributed by atoms with van der Waals surface area (Å²) in [7, 11) is -4.06. The van der Waals surface area contributed by atoms with Gasteiger partial charge in [-0.1, -0.05) is 6.07 Å². The van der Waals surface area contributed by atoms with Gasteiger partial charge in [0.2, 0.25) is 5.91 Å². The Kier molecular flexibility index (Phi) is 6.73. The topological polar surface area (TPSA) is 155 Å². The molecule has 1 saturated heterocycles. The molecule has 1 fully saturated rings. The monoisotopic (exact) mass is 550 g/mol. The number of benzene rings is 2. The SMILES string of the molecule is CC(=O)Nc1ccc(S(=O)(=O)Nc2ccc3n(c2=O)CC2CC3CN(C(=O)c3cccc(C(=O)O)c3)C2)cc1. The van der Waals surface area contributed by atoms with Crippen LogP contribution in [0.2, 0.25) is 0 Å². The van der Waals surface area contributed by atoms with Crippen molar-refractivity contribution in [3.05, 3.63) is 87.8 Å². The molecule has 2 aromatic carbocycles. The van der Waals surface area contributed by atoms with Crippen molar-refractivity contribution in [3.63, 3.8) is 0 Å². The lowest BCUT2D eigenvalue weighted by molar-refractivity contribution is -0.114.